The molecule has 29 heavy (non-hydrogen) atoms. The van der Waals surface area contributed by atoms with Crippen molar-refractivity contribution in [2.45, 2.75) is 117 Å². The van der Waals surface area contributed by atoms with Crippen LogP contribution >= 0.6 is 0 Å². The lowest BCUT2D eigenvalue weighted by atomic mass is 10.1. The Hall–Kier alpha value is -1.08. The summed E-state index contributed by atoms with van der Waals surface area (Å²) in [5, 5.41) is 0.0488. The number of rotatable bonds is 3. The van der Waals surface area contributed by atoms with E-state index in [0.29, 0.717) is 11.8 Å². The molecule has 2 rings (SSSR count). The van der Waals surface area contributed by atoms with E-state index < -0.39 is 31.7 Å². The first-order chi connectivity index (χ1) is 12.8. The van der Waals surface area contributed by atoms with Crippen LogP contribution < -0.4 is 0 Å². The van der Waals surface area contributed by atoms with Gasteiger partial charge in [-0.15, -0.1) is 0 Å². The molecule has 4 atom stereocenters. The second-order valence-electron chi connectivity index (χ2n) is 12.1. The Morgan fingerprint density at radius 3 is 1.66 bits per heavy atom. The molecule has 6 nitrogen and oxygen atoms in total. The summed E-state index contributed by atoms with van der Waals surface area (Å²) in [5.41, 5.74) is -1.40. The number of amides is 2. The number of carbonyl (C=O) groups is 2. The second kappa shape index (κ2) is 7.56. The molecule has 2 saturated carbocycles. The maximum atomic E-state index is 13.1. The van der Waals surface area contributed by atoms with Gasteiger partial charge >= 0.3 is 12.2 Å². The Labute approximate surface area is 177 Å². The molecular formula is C22H41NO5Si. The van der Waals surface area contributed by atoms with Crippen molar-refractivity contribution in [2.75, 3.05) is 0 Å². The van der Waals surface area contributed by atoms with Crippen LogP contribution in [0.25, 0.3) is 0 Å². The van der Waals surface area contributed by atoms with E-state index in [-0.39, 0.29) is 17.2 Å². The molecule has 0 aliphatic heterocycles. The number of carbonyl (C=O) groups excluding carboxylic acids is 2. The minimum Gasteiger partial charge on any atom is -0.443 e. The summed E-state index contributed by atoms with van der Waals surface area (Å²) in [7, 11) is -2.07. The van der Waals surface area contributed by atoms with Gasteiger partial charge in [0.1, 0.15) is 11.2 Å². The van der Waals surface area contributed by atoms with Gasteiger partial charge in [-0.3, -0.25) is 0 Å². The van der Waals surface area contributed by atoms with Crippen molar-refractivity contribution in [3.8, 4) is 0 Å². The maximum Gasteiger partial charge on any atom is 0.420 e. The second-order valence-corrected chi connectivity index (χ2v) is 16.9. The summed E-state index contributed by atoms with van der Waals surface area (Å²) in [6.45, 7) is 21.8. The van der Waals surface area contributed by atoms with Crippen molar-refractivity contribution in [3.63, 3.8) is 0 Å². The number of imide groups is 1. The maximum absolute atomic E-state index is 13.1. The Morgan fingerprint density at radius 1 is 0.828 bits per heavy atom. The number of fused-ring (bicyclic) bond motifs is 1. The third kappa shape index (κ3) is 5.97. The zero-order valence-electron chi connectivity index (χ0n) is 20.2. The van der Waals surface area contributed by atoms with E-state index in [1.54, 1.807) is 41.5 Å². The van der Waals surface area contributed by atoms with Crippen LogP contribution in [0.1, 0.15) is 75.2 Å². The predicted octanol–water partition coefficient (Wildman–Crippen LogP) is 5.96. The highest BCUT2D eigenvalue weighted by atomic mass is 28.4. The molecule has 2 fully saturated rings. The van der Waals surface area contributed by atoms with Crippen LogP contribution in [0.15, 0.2) is 0 Å². The Morgan fingerprint density at radius 2 is 1.28 bits per heavy atom. The molecule has 0 radical (unpaired) electrons. The average molecular weight is 428 g/mol. The predicted molar refractivity (Wildman–Crippen MR) is 116 cm³/mol. The number of nitrogens with zero attached hydrogens (tertiary/aromatic N) is 1. The fourth-order valence-corrected chi connectivity index (χ4v) is 4.94. The fraction of sp³-hybridized carbons (Fsp3) is 0.909. The van der Waals surface area contributed by atoms with Crippen LogP contribution in [0.4, 0.5) is 9.59 Å². The lowest BCUT2D eigenvalue weighted by Crippen LogP contribution is -2.55. The Balaban J connectivity index is 2.33. The molecule has 2 aliphatic rings. The molecule has 0 heterocycles. The Kier molecular flexibility index (Phi) is 6.30. The van der Waals surface area contributed by atoms with E-state index in [2.05, 4.69) is 33.9 Å². The molecule has 0 aromatic rings. The van der Waals surface area contributed by atoms with Gasteiger partial charge in [0.25, 0.3) is 0 Å². The molecule has 0 unspecified atom stereocenters. The molecular weight excluding hydrogens is 386 g/mol. The van der Waals surface area contributed by atoms with Gasteiger partial charge < -0.3 is 13.9 Å². The van der Waals surface area contributed by atoms with Crippen LogP contribution in [0.3, 0.4) is 0 Å². The molecule has 0 N–H and O–H groups in total. The lowest BCUT2D eigenvalue weighted by Gasteiger charge is -2.42. The van der Waals surface area contributed by atoms with E-state index >= 15 is 0 Å². The van der Waals surface area contributed by atoms with Gasteiger partial charge in [-0.2, -0.15) is 0 Å². The quantitative estimate of drug-likeness (QED) is 0.520. The van der Waals surface area contributed by atoms with Crippen molar-refractivity contribution in [1.29, 1.82) is 0 Å². The monoisotopic (exact) mass is 427 g/mol. The van der Waals surface area contributed by atoms with Crippen molar-refractivity contribution in [1.82, 2.24) is 4.90 Å². The zero-order chi connectivity index (χ0) is 22.6. The first kappa shape index (κ1) is 24.2. The molecule has 2 aliphatic carbocycles. The number of hydrogen-bond acceptors (Lipinski definition) is 5. The van der Waals surface area contributed by atoms with E-state index in [9.17, 15) is 9.59 Å². The van der Waals surface area contributed by atoms with Crippen molar-refractivity contribution >= 4 is 20.5 Å². The highest BCUT2D eigenvalue weighted by Crippen LogP contribution is 2.56. The molecule has 0 spiro atoms. The largest absolute Gasteiger partial charge is 0.443 e. The molecule has 168 valence electrons. The van der Waals surface area contributed by atoms with E-state index in [4.69, 9.17) is 13.9 Å². The summed E-state index contributed by atoms with van der Waals surface area (Å²) in [5.74, 6) is 0.906. The summed E-state index contributed by atoms with van der Waals surface area (Å²) in [6.07, 6.45) is 0.402. The Bertz CT molecular complexity index is 613. The minimum absolute atomic E-state index is 0.0488. The molecule has 7 heteroatoms. The topological polar surface area (TPSA) is 65.1 Å². The van der Waals surface area contributed by atoms with Gasteiger partial charge in [-0.25, -0.2) is 14.5 Å². The standard InChI is InChI=1S/C22H41NO5Si/c1-20(2,3)26-18(24)23(19(25)27-21(4,5)6)16-13-14-12-15(14)17(16)28-29(10,11)22(7,8)9/h14-17H,12-13H2,1-11H3/t14-,15-,16-,17-/m1/s1. The van der Waals surface area contributed by atoms with Gasteiger partial charge in [0, 0.05) is 0 Å². The van der Waals surface area contributed by atoms with Crippen LogP contribution in [0, 0.1) is 11.8 Å². The van der Waals surface area contributed by atoms with Crippen LogP contribution in [-0.2, 0) is 13.9 Å². The third-order valence-electron chi connectivity index (χ3n) is 6.07. The van der Waals surface area contributed by atoms with Crippen LogP contribution in [0.5, 0.6) is 0 Å². The van der Waals surface area contributed by atoms with Crippen LogP contribution in [0.2, 0.25) is 18.1 Å². The summed E-state index contributed by atoms with van der Waals surface area (Å²) >= 11 is 0. The van der Waals surface area contributed by atoms with Gasteiger partial charge in [0.2, 0.25) is 0 Å². The van der Waals surface area contributed by atoms with E-state index in [1.165, 1.54) is 4.90 Å². The highest BCUT2D eigenvalue weighted by Gasteiger charge is 2.60. The fourth-order valence-electron chi connectivity index (χ4n) is 3.58. The number of hydrogen-bond donors (Lipinski definition) is 0. The molecule has 2 amide bonds. The van der Waals surface area contributed by atoms with Crippen molar-refractivity contribution in [3.05, 3.63) is 0 Å². The summed E-state index contributed by atoms with van der Waals surface area (Å²) in [6, 6.07) is -0.349. The van der Waals surface area contributed by atoms with Gasteiger partial charge in [0.15, 0.2) is 8.32 Å². The first-order valence-electron chi connectivity index (χ1n) is 10.8. The van der Waals surface area contributed by atoms with Gasteiger partial charge in [-0.1, -0.05) is 20.8 Å². The van der Waals surface area contributed by atoms with Gasteiger partial charge in [-0.05, 0) is 84.4 Å². The highest BCUT2D eigenvalue weighted by molar-refractivity contribution is 6.74. The summed E-state index contributed by atoms with van der Waals surface area (Å²) < 4.78 is 17.9. The van der Waals surface area contributed by atoms with Crippen molar-refractivity contribution in [2.24, 2.45) is 11.8 Å². The minimum atomic E-state index is -2.07. The molecule has 0 aromatic carbocycles. The van der Waals surface area contributed by atoms with Crippen LogP contribution in [-0.4, -0.2) is 48.8 Å². The molecule has 0 saturated heterocycles. The number of ether oxygens (including phenoxy) is 2. The normalized spacial score (nSPS) is 27.3. The first-order valence-corrected chi connectivity index (χ1v) is 13.7. The SMILES string of the molecule is CC(C)(C)OC(=O)N(C(=O)OC(C)(C)C)[C@@H]1C[C@H]2C[C@H]2[C@H]1O[Si](C)(C)C(C)(C)C. The van der Waals surface area contributed by atoms with E-state index in [0.717, 1.165) is 12.8 Å². The average Bonchev–Trinajstić information content (AvgIpc) is 3.11. The third-order valence-corrected chi connectivity index (χ3v) is 10.5. The molecule has 0 aromatic heterocycles. The zero-order valence-corrected chi connectivity index (χ0v) is 21.2. The van der Waals surface area contributed by atoms with Gasteiger partial charge in [0.05, 0.1) is 12.1 Å². The lowest BCUT2D eigenvalue weighted by molar-refractivity contribution is -0.0213. The van der Waals surface area contributed by atoms with E-state index in [1.807, 2.05) is 0 Å². The van der Waals surface area contributed by atoms with Crippen molar-refractivity contribution < 1.29 is 23.5 Å². The summed E-state index contributed by atoms with van der Waals surface area (Å²) in [4.78, 5) is 27.3. The smallest absolute Gasteiger partial charge is 0.420 e. The molecule has 0 bridgehead atoms.